The van der Waals surface area contributed by atoms with E-state index in [-0.39, 0.29) is 0 Å². The number of hydrogen-bond donors (Lipinski definition) is 1. The van der Waals surface area contributed by atoms with Crippen LogP contribution in [0.2, 0.25) is 0 Å². The van der Waals surface area contributed by atoms with Crippen LogP contribution in [0.4, 0.5) is 11.6 Å². The summed E-state index contributed by atoms with van der Waals surface area (Å²) in [5.41, 5.74) is 3.57. The predicted molar refractivity (Wildman–Crippen MR) is 144 cm³/mol. The lowest BCUT2D eigenvalue weighted by Gasteiger charge is -2.17. The predicted octanol–water partition coefficient (Wildman–Crippen LogP) is 5.63. The van der Waals surface area contributed by atoms with E-state index in [0.29, 0.717) is 32.4 Å². The lowest BCUT2D eigenvalue weighted by molar-refractivity contribution is 0.144. The number of aromatic nitrogens is 2. The number of likely N-dealkylation sites (tertiary alicyclic amines) is 1. The Morgan fingerprint density at radius 1 is 0.972 bits per heavy atom. The number of anilines is 2. The molecular weight excluding hydrogens is 452 g/mol. The van der Waals surface area contributed by atoms with E-state index >= 15 is 0 Å². The standard InChI is InChI=1S/C29H34N4O3/c1-3-17-34-22-24-20-25(10-11-28(24)36-19-16-33-14-5-6-15-33)31-29-30-13-12-27(32-29)23-8-7-9-26(21-23)35-18-4-2/h3-4,7-13,20-21H,1-2,5-6,14-19,22H2,(H,30,31,32). The maximum atomic E-state index is 6.13. The van der Waals surface area contributed by atoms with Crippen molar-refractivity contribution in [2.75, 3.05) is 44.8 Å². The second-order valence-electron chi connectivity index (χ2n) is 8.54. The second kappa shape index (κ2) is 13.4. The Labute approximate surface area is 213 Å². The monoisotopic (exact) mass is 486 g/mol. The molecule has 0 atom stereocenters. The van der Waals surface area contributed by atoms with E-state index < -0.39 is 0 Å². The van der Waals surface area contributed by atoms with Gasteiger partial charge in [0.1, 0.15) is 24.7 Å². The van der Waals surface area contributed by atoms with Gasteiger partial charge in [-0.15, -0.1) is 6.58 Å². The van der Waals surface area contributed by atoms with Crippen molar-refractivity contribution in [1.82, 2.24) is 14.9 Å². The highest BCUT2D eigenvalue weighted by atomic mass is 16.5. The molecule has 0 unspecified atom stereocenters. The first kappa shape index (κ1) is 25.4. The van der Waals surface area contributed by atoms with Gasteiger partial charge in [0.25, 0.3) is 0 Å². The second-order valence-corrected chi connectivity index (χ2v) is 8.54. The van der Waals surface area contributed by atoms with E-state index in [0.717, 1.165) is 53.6 Å². The van der Waals surface area contributed by atoms with E-state index in [9.17, 15) is 0 Å². The highest BCUT2D eigenvalue weighted by Gasteiger charge is 2.12. The van der Waals surface area contributed by atoms with Gasteiger partial charge in [-0.3, -0.25) is 4.90 Å². The molecule has 0 spiro atoms. The molecule has 1 N–H and O–H groups in total. The molecule has 0 saturated carbocycles. The summed E-state index contributed by atoms with van der Waals surface area (Å²) in [5.74, 6) is 2.10. The van der Waals surface area contributed by atoms with E-state index in [4.69, 9.17) is 19.2 Å². The first-order chi connectivity index (χ1) is 17.7. The third-order valence-corrected chi connectivity index (χ3v) is 5.83. The van der Waals surface area contributed by atoms with E-state index in [1.54, 1.807) is 18.3 Å². The van der Waals surface area contributed by atoms with Crippen molar-refractivity contribution in [2.24, 2.45) is 0 Å². The molecule has 1 saturated heterocycles. The molecule has 1 fully saturated rings. The minimum absolute atomic E-state index is 0.430. The average molecular weight is 487 g/mol. The van der Waals surface area contributed by atoms with Gasteiger partial charge in [0.15, 0.2) is 0 Å². The Morgan fingerprint density at radius 2 is 1.83 bits per heavy atom. The van der Waals surface area contributed by atoms with Crippen molar-refractivity contribution in [1.29, 1.82) is 0 Å². The minimum Gasteiger partial charge on any atom is -0.492 e. The normalized spacial score (nSPS) is 13.3. The van der Waals surface area contributed by atoms with Crippen molar-refractivity contribution in [3.63, 3.8) is 0 Å². The van der Waals surface area contributed by atoms with Gasteiger partial charge in [-0.25, -0.2) is 9.97 Å². The van der Waals surface area contributed by atoms with Crippen LogP contribution in [0.3, 0.4) is 0 Å². The maximum absolute atomic E-state index is 6.13. The molecule has 2 heterocycles. The molecule has 3 aromatic rings. The molecular formula is C29H34N4O3. The summed E-state index contributed by atoms with van der Waals surface area (Å²) < 4.78 is 17.5. The van der Waals surface area contributed by atoms with Crippen LogP contribution in [0.25, 0.3) is 11.3 Å². The Bertz CT molecular complexity index is 1140. The summed E-state index contributed by atoms with van der Waals surface area (Å²) in [6.45, 7) is 12.7. The number of hydrogen-bond acceptors (Lipinski definition) is 7. The molecule has 36 heavy (non-hydrogen) atoms. The van der Waals surface area contributed by atoms with Crippen LogP contribution in [0.15, 0.2) is 80.0 Å². The number of nitrogens with one attached hydrogen (secondary N) is 1. The van der Waals surface area contributed by atoms with Crippen molar-refractivity contribution in [2.45, 2.75) is 19.4 Å². The van der Waals surface area contributed by atoms with Crippen LogP contribution in [0, 0.1) is 0 Å². The zero-order valence-electron chi connectivity index (χ0n) is 20.7. The van der Waals surface area contributed by atoms with Crippen LogP contribution in [-0.2, 0) is 11.3 Å². The number of ether oxygens (including phenoxy) is 3. The Hall–Kier alpha value is -3.68. The summed E-state index contributed by atoms with van der Waals surface area (Å²) in [7, 11) is 0. The first-order valence-electron chi connectivity index (χ1n) is 12.4. The smallest absolute Gasteiger partial charge is 0.227 e. The van der Waals surface area contributed by atoms with Crippen LogP contribution in [0.1, 0.15) is 18.4 Å². The Balaban J connectivity index is 1.46. The Morgan fingerprint density at radius 3 is 2.67 bits per heavy atom. The molecule has 7 nitrogen and oxygen atoms in total. The quantitative estimate of drug-likeness (QED) is 0.234. The van der Waals surface area contributed by atoms with Crippen LogP contribution >= 0.6 is 0 Å². The van der Waals surface area contributed by atoms with Crippen LogP contribution in [-0.4, -0.2) is 54.3 Å². The molecule has 0 radical (unpaired) electrons. The molecule has 188 valence electrons. The van der Waals surface area contributed by atoms with Crippen molar-refractivity contribution in [3.05, 3.63) is 85.6 Å². The number of benzene rings is 2. The fourth-order valence-corrected chi connectivity index (χ4v) is 4.06. The summed E-state index contributed by atoms with van der Waals surface area (Å²) in [4.78, 5) is 11.5. The summed E-state index contributed by atoms with van der Waals surface area (Å²) in [6.07, 6.45) is 7.76. The fraction of sp³-hybridized carbons (Fsp3) is 0.310. The third kappa shape index (κ3) is 7.41. The Kier molecular flexibility index (Phi) is 9.47. The lowest BCUT2D eigenvalue weighted by atomic mass is 10.1. The fourth-order valence-electron chi connectivity index (χ4n) is 4.06. The van der Waals surface area contributed by atoms with Crippen LogP contribution in [0.5, 0.6) is 11.5 Å². The molecule has 1 aliphatic heterocycles. The summed E-state index contributed by atoms with van der Waals surface area (Å²) >= 11 is 0. The summed E-state index contributed by atoms with van der Waals surface area (Å²) in [5, 5.41) is 3.32. The maximum Gasteiger partial charge on any atom is 0.227 e. The zero-order chi connectivity index (χ0) is 25.0. The largest absolute Gasteiger partial charge is 0.492 e. The summed E-state index contributed by atoms with van der Waals surface area (Å²) in [6, 6.07) is 15.7. The van der Waals surface area contributed by atoms with Crippen molar-refractivity contribution in [3.8, 4) is 22.8 Å². The van der Waals surface area contributed by atoms with Gasteiger partial charge in [-0.1, -0.05) is 30.9 Å². The highest BCUT2D eigenvalue weighted by molar-refractivity contribution is 5.64. The van der Waals surface area contributed by atoms with Gasteiger partial charge < -0.3 is 19.5 Å². The van der Waals surface area contributed by atoms with Gasteiger partial charge >= 0.3 is 0 Å². The molecule has 1 aromatic heterocycles. The SMILES string of the molecule is C=CCOCc1cc(Nc2nccc(-c3cccc(OCC=C)c3)n2)ccc1OCCN1CCCC1. The number of rotatable bonds is 14. The number of nitrogens with zero attached hydrogens (tertiary/aromatic N) is 3. The topological polar surface area (TPSA) is 68.7 Å². The average Bonchev–Trinajstić information content (AvgIpc) is 3.43. The van der Waals surface area contributed by atoms with Crippen LogP contribution < -0.4 is 14.8 Å². The van der Waals surface area contributed by atoms with E-state index in [1.807, 2.05) is 48.5 Å². The molecule has 7 heteroatoms. The first-order valence-corrected chi connectivity index (χ1v) is 12.4. The molecule has 4 rings (SSSR count). The molecule has 0 amide bonds. The van der Waals surface area contributed by atoms with Gasteiger partial charge in [0.2, 0.25) is 5.95 Å². The van der Waals surface area contributed by atoms with E-state index in [2.05, 4.69) is 28.4 Å². The molecule has 0 bridgehead atoms. The van der Waals surface area contributed by atoms with Crippen molar-refractivity contribution >= 4 is 11.6 Å². The zero-order valence-corrected chi connectivity index (χ0v) is 20.7. The van der Waals surface area contributed by atoms with E-state index in [1.165, 1.54) is 12.8 Å². The van der Waals surface area contributed by atoms with Gasteiger partial charge in [-0.2, -0.15) is 0 Å². The van der Waals surface area contributed by atoms with Gasteiger partial charge in [-0.05, 0) is 62.3 Å². The van der Waals surface area contributed by atoms with Gasteiger partial charge in [0, 0.05) is 29.6 Å². The van der Waals surface area contributed by atoms with Crippen molar-refractivity contribution < 1.29 is 14.2 Å². The molecule has 2 aromatic carbocycles. The molecule has 1 aliphatic rings. The molecule has 0 aliphatic carbocycles. The minimum atomic E-state index is 0.430. The van der Waals surface area contributed by atoms with Gasteiger partial charge in [0.05, 0.1) is 18.9 Å². The third-order valence-electron chi connectivity index (χ3n) is 5.83. The highest BCUT2D eigenvalue weighted by Crippen LogP contribution is 2.27. The lowest BCUT2D eigenvalue weighted by Crippen LogP contribution is -2.25.